The minimum absolute atomic E-state index is 0.501. The highest BCUT2D eigenvalue weighted by Gasteiger charge is 2.54. The van der Waals surface area contributed by atoms with Gasteiger partial charge in [-0.2, -0.15) is 0 Å². The van der Waals surface area contributed by atoms with Gasteiger partial charge in [-0.1, -0.05) is 27.7 Å². The highest BCUT2D eigenvalue weighted by Crippen LogP contribution is 2.50. The Morgan fingerprint density at radius 3 is 2.11 bits per heavy atom. The molecule has 1 aromatic rings. The molecule has 36 heavy (non-hydrogen) atoms. The standard InChI is InChI=1S/C20H31N2O13P/c1-11(2)16(25)30-9-33-36(29,34-10-31-17(26)12(3)4)32-8-13-15(24)20(5,28)18(35-13)22-7-6-14(23)21-19(22)27/h6-7,11-13,15,18,24,28H,8-10H2,1-5H3,(H,21,23,27)/t13-,15-,18-,20-/m1/s1. The predicted molar refractivity (Wildman–Crippen MR) is 119 cm³/mol. The zero-order chi connectivity index (χ0) is 27.3. The SMILES string of the molecule is CC(C)C(=O)OCOP(=O)(OCOC(=O)C(C)C)OC[C@H]1O[C@@H](n2ccc(=O)[nH]c2=O)[C@](C)(O)[C@@H]1O. The van der Waals surface area contributed by atoms with Crippen LogP contribution in [0.15, 0.2) is 21.9 Å². The number of hydrogen-bond donors (Lipinski definition) is 3. The van der Waals surface area contributed by atoms with E-state index in [0.717, 1.165) is 16.8 Å². The van der Waals surface area contributed by atoms with Crippen molar-refractivity contribution >= 4 is 19.8 Å². The van der Waals surface area contributed by atoms with Gasteiger partial charge in [0.2, 0.25) is 13.6 Å². The molecule has 1 fully saturated rings. The number of esters is 2. The Hall–Kier alpha value is -2.39. The summed E-state index contributed by atoms with van der Waals surface area (Å²) in [6.45, 7) is 5.10. The molecular formula is C20H31N2O13P. The molecule has 0 saturated carbocycles. The van der Waals surface area contributed by atoms with E-state index < -0.39 is 87.1 Å². The van der Waals surface area contributed by atoms with Gasteiger partial charge in [-0.15, -0.1) is 0 Å². The van der Waals surface area contributed by atoms with Crippen molar-refractivity contribution in [3.63, 3.8) is 0 Å². The fourth-order valence-corrected chi connectivity index (χ4v) is 3.81. The minimum atomic E-state index is -4.56. The molecule has 1 aliphatic heterocycles. The Morgan fingerprint density at radius 1 is 1.11 bits per heavy atom. The molecule has 3 N–H and O–H groups in total. The van der Waals surface area contributed by atoms with E-state index in [4.69, 9.17) is 27.8 Å². The van der Waals surface area contributed by atoms with Gasteiger partial charge in [0.05, 0.1) is 18.4 Å². The second-order valence-corrected chi connectivity index (χ2v) is 10.4. The largest absolute Gasteiger partial charge is 0.480 e. The molecule has 0 radical (unpaired) electrons. The minimum Gasteiger partial charge on any atom is -0.438 e. The summed E-state index contributed by atoms with van der Waals surface area (Å²) in [5.41, 5.74) is -3.62. The number of aromatic amines is 1. The van der Waals surface area contributed by atoms with E-state index in [1.54, 1.807) is 27.7 Å². The van der Waals surface area contributed by atoms with Crippen molar-refractivity contribution in [2.45, 2.75) is 58.7 Å². The number of rotatable bonds is 12. The zero-order valence-electron chi connectivity index (χ0n) is 20.4. The summed E-state index contributed by atoms with van der Waals surface area (Å²) in [4.78, 5) is 48.7. The van der Waals surface area contributed by atoms with Crippen LogP contribution >= 0.6 is 7.82 Å². The van der Waals surface area contributed by atoms with Gasteiger partial charge < -0.3 is 24.4 Å². The number of hydrogen-bond acceptors (Lipinski definition) is 13. The van der Waals surface area contributed by atoms with Crippen molar-refractivity contribution in [2.75, 3.05) is 20.2 Å². The molecule has 16 heteroatoms. The normalized spacial score (nSPS) is 24.3. The van der Waals surface area contributed by atoms with Gasteiger partial charge >= 0.3 is 25.5 Å². The number of aliphatic hydroxyl groups excluding tert-OH is 1. The second kappa shape index (κ2) is 12.2. The van der Waals surface area contributed by atoms with Gasteiger partial charge in [0.25, 0.3) is 5.56 Å². The van der Waals surface area contributed by atoms with Crippen LogP contribution in [0.25, 0.3) is 0 Å². The van der Waals surface area contributed by atoms with E-state index in [9.17, 15) is 34.0 Å². The molecule has 4 atom stereocenters. The first kappa shape index (κ1) is 29.8. The van der Waals surface area contributed by atoms with E-state index >= 15 is 0 Å². The molecule has 0 unspecified atom stereocenters. The average molecular weight is 538 g/mol. The van der Waals surface area contributed by atoms with Crippen molar-refractivity contribution in [3.05, 3.63) is 33.1 Å². The number of phosphoric ester groups is 1. The Bertz CT molecular complexity index is 1050. The summed E-state index contributed by atoms with van der Waals surface area (Å²) in [5, 5.41) is 21.3. The van der Waals surface area contributed by atoms with E-state index in [1.807, 2.05) is 4.98 Å². The lowest BCUT2D eigenvalue weighted by Crippen LogP contribution is -2.46. The molecule has 1 aromatic heterocycles. The highest BCUT2D eigenvalue weighted by atomic mass is 31.2. The van der Waals surface area contributed by atoms with Crippen molar-refractivity contribution in [2.24, 2.45) is 11.8 Å². The maximum Gasteiger partial charge on any atom is 0.480 e. The molecular weight excluding hydrogens is 507 g/mol. The predicted octanol–water partition coefficient (Wildman–Crippen LogP) is 0.0172. The quantitative estimate of drug-likeness (QED) is 0.183. The lowest BCUT2D eigenvalue weighted by Gasteiger charge is -2.27. The molecule has 0 aliphatic carbocycles. The first-order chi connectivity index (χ1) is 16.7. The third-order valence-electron chi connectivity index (χ3n) is 5.02. The van der Waals surface area contributed by atoms with Gasteiger partial charge in [0, 0.05) is 12.3 Å². The second-order valence-electron chi connectivity index (χ2n) is 8.69. The molecule has 0 bridgehead atoms. The molecule has 0 aromatic carbocycles. The Labute approximate surface area is 205 Å². The van der Waals surface area contributed by atoms with Crippen LogP contribution in [0.3, 0.4) is 0 Å². The topological polar surface area (TPSA) is 202 Å². The maximum atomic E-state index is 13.0. The maximum absolute atomic E-state index is 13.0. The summed E-state index contributed by atoms with van der Waals surface area (Å²) < 4.78 is 44.2. The molecule has 204 valence electrons. The van der Waals surface area contributed by atoms with Crippen molar-refractivity contribution in [1.82, 2.24) is 9.55 Å². The molecule has 2 heterocycles. The monoisotopic (exact) mass is 538 g/mol. The van der Waals surface area contributed by atoms with Crippen molar-refractivity contribution in [1.29, 1.82) is 0 Å². The summed E-state index contributed by atoms with van der Waals surface area (Å²) in [5.74, 6) is -2.32. The number of nitrogens with one attached hydrogen (secondary N) is 1. The number of aliphatic hydroxyl groups is 2. The third-order valence-corrected chi connectivity index (χ3v) is 6.33. The number of phosphoric acid groups is 1. The smallest absolute Gasteiger partial charge is 0.438 e. The molecule has 0 spiro atoms. The van der Waals surface area contributed by atoms with Crippen LogP contribution in [-0.2, 0) is 41.9 Å². The molecule has 0 amide bonds. The third kappa shape index (κ3) is 7.56. The van der Waals surface area contributed by atoms with Gasteiger partial charge in [-0.25, -0.2) is 18.4 Å². The van der Waals surface area contributed by atoms with Gasteiger partial charge in [0.1, 0.15) is 17.8 Å². The highest BCUT2D eigenvalue weighted by molar-refractivity contribution is 7.48. The van der Waals surface area contributed by atoms with Crippen LogP contribution in [0.5, 0.6) is 0 Å². The summed E-state index contributed by atoms with van der Waals surface area (Å²) in [6, 6.07) is 1.02. The van der Waals surface area contributed by atoms with Gasteiger partial charge in [-0.3, -0.25) is 28.5 Å². The first-order valence-electron chi connectivity index (χ1n) is 10.9. The summed E-state index contributed by atoms with van der Waals surface area (Å²) in [6.07, 6.45) is -3.40. The van der Waals surface area contributed by atoms with Gasteiger partial charge in [0.15, 0.2) is 6.23 Å². The van der Waals surface area contributed by atoms with E-state index in [0.29, 0.717) is 0 Å². The molecule has 15 nitrogen and oxygen atoms in total. The Morgan fingerprint density at radius 2 is 1.64 bits per heavy atom. The number of H-pyrrole nitrogens is 1. The Balaban J connectivity index is 2.12. The van der Waals surface area contributed by atoms with Crippen LogP contribution in [0.1, 0.15) is 40.8 Å². The van der Waals surface area contributed by atoms with E-state index in [-0.39, 0.29) is 0 Å². The number of aromatic nitrogens is 2. The molecule has 1 saturated heterocycles. The van der Waals surface area contributed by atoms with Crippen LogP contribution in [-0.4, -0.2) is 69.7 Å². The Kier molecular flexibility index (Phi) is 10.1. The number of carbonyl (C=O) groups excluding carboxylic acids is 2. The van der Waals surface area contributed by atoms with Gasteiger partial charge in [-0.05, 0) is 6.92 Å². The number of nitrogens with zero attached hydrogens (tertiary/aromatic N) is 1. The summed E-state index contributed by atoms with van der Waals surface area (Å²) in [7, 11) is -4.56. The lowest BCUT2D eigenvalue weighted by molar-refractivity contribution is -0.158. The van der Waals surface area contributed by atoms with Crippen LogP contribution in [0.4, 0.5) is 0 Å². The average Bonchev–Trinajstić information content (AvgIpc) is 3.01. The van der Waals surface area contributed by atoms with Crippen molar-refractivity contribution in [3.8, 4) is 0 Å². The zero-order valence-corrected chi connectivity index (χ0v) is 21.3. The molecule has 2 rings (SSSR count). The lowest BCUT2D eigenvalue weighted by atomic mass is 9.96. The van der Waals surface area contributed by atoms with Crippen LogP contribution in [0.2, 0.25) is 0 Å². The summed E-state index contributed by atoms with van der Waals surface area (Å²) >= 11 is 0. The number of carbonyl (C=O) groups is 2. The van der Waals surface area contributed by atoms with E-state index in [2.05, 4.69) is 0 Å². The van der Waals surface area contributed by atoms with E-state index in [1.165, 1.54) is 6.92 Å². The van der Waals surface area contributed by atoms with Crippen molar-refractivity contribution < 1.29 is 52.1 Å². The van der Waals surface area contributed by atoms with Crippen LogP contribution < -0.4 is 11.2 Å². The fraction of sp³-hybridized carbons (Fsp3) is 0.700. The fourth-order valence-electron chi connectivity index (χ4n) is 2.90. The number of ether oxygens (including phenoxy) is 3. The first-order valence-corrected chi connectivity index (χ1v) is 12.4. The molecule has 1 aliphatic rings. The van der Waals surface area contributed by atoms with Crippen LogP contribution in [0, 0.1) is 11.8 Å².